The van der Waals surface area contributed by atoms with E-state index in [-0.39, 0.29) is 17.4 Å². The first kappa shape index (κ1) is 10.3. The number of nitrogens with zero attached hydrogens (tertiary/aromatic N) is 2. The third kappa shape index (κ3) is 1.48. The lowest BCUT2D eigenvalue weighted by Crippen LogP contribution is -2.36. The van der Waals surface area contributed by atoms with Crippen LogP contribution >= 0.6 is 15.9 Å². The van der Waals surface area contributed by atoms with Gasteiger partial charge in [0.15, 0.2) is 0 Å². The average Bonchev–Trinajstić information content (AvgIpc) is 2.64. The average molecular weight is 287 g/mol. The Balaban J connectivity index is 2.05. The molecule has 6 heteroatoms. The summed E-state index contributed by atoms with van der Waals surface area (Å²) in [7, 11) is 0. The van der Waals surface area contributed by atoms with Gasteiger partial charge in [-0.25, -0.2) is 0 Å². The number of fused-ring (bicyclic) bond motifs is 4. The van der Waals surface area contributed by atoms with Gasteiger partial charge in [0.05, 0.1) is 0 Å². The number of rotatable bonds is 1. The fourth-order valence-corrected chi connectivity index (χ4v) is 2.73. The summed E-state index contributed by atoms with van der Waals surface area (Å²) >= 11 is 3.45. The Labute approximate surface area is 101 Å². The molecule has 2 atom stereocenters. The molecule has 2 unspecified atom stereocenters. The number of aromatic nitrogens is 2. The molecule has 0 aliphatic carbocycles. The van der Waals surface area contributed by atoms with Gasteiger partial charge in [0.25, 0.3) is 5.56 Å². The summed E-state index contributed by atoms with van der Waals surface area (Å²) in [6, 6.07) is 1.79. The van der Waals surface area contributed by atoms with Crippen LogP contribution in [-0.2, 0) is 4.74 Å². The first-order chi connectivity index (χ1) is 7.72. The van der Waals surface area contributed by atoms with E-state index in [4.69, 9.17) is 9.47 Å². The molecule has 1 aromatic rings. The normalized spacial score (nSPS) is 31.7. The second kappa shape index (κ2) is 3.56. The summed E-state index contributed by atoms with van der Waals surface area (Å²) in [6.45, 7) is 0.436. The lowest BCUT2D eigenvalue weighted by Gasteiger charge is -2.23. The summed E-state index contributed by atoms with van der Waals surface area (Å²) in [5.41, 5.74) is -0.557. The maximum atomic E-state index is 11.2. The Morgan fingerprint density at radius 2 is 2.56 bits per heavy atom. The van der Waals surface area contributed by atoms with Crippen LogP contribution in [0.25, 0.3) is 0 Å². The zero-order valence-corrected chi connectivity index (χ0v) is 10.1. The molecule has 1 saturated heterocycles. The predicted molar refractivity (Wildman–Crippen MR) is 59.9 cm³/mol. The van der Waals surface area contributed by atoms with Crippen molar-refractivity contribution < 1.29 is 9.47 Å². The standard InChI is InChI=1S/C10H11BrN2O3/c11-5-10-3-1-8(16-10)13-4-2-7(14)12-9(13)15-6-10/h2,4,8H,1,3,5-6H2. The molecule has 2 aliphatic rings. The van der Waals surface area contributed by atoms with Gasteiger partial charge in [-0.1, -0.05) is 15.9 Å². The largest absolute Gasteiger partial charge is 0.461 e. The molecule has 0 saturated carbocycles. The van der Waals surface area contributed by atoms with E-state index in [0.29, 0.717) is 12.6 Å². The summed E-state index contributed by atoms with van der Waals surface area (Å²) in [6.07, 6.45) is 3.49. The number of hydrogen-bond donors (Lipinski definition) is 0. The van der Waals surface area contributed by atoms with E-state index in [1.807, 2.05) is 0 Å². The maximum Gasteiger partial charge on any atom is 0.301 e. The van der Waals surface area contributed by atoms with Gasteiger partial charge in [0.2, 0.25) is 0 Å². The van der Waals surface area contributed by atoms with Crippen LogP contribution in [0.15, 0.2) is 17.1 Å². The second-order valence-corrected chi connectivity index (χ2v) is 4.73. The minimum Gasteiger partial charge on any atom is -0.461 e. The van der Waals surface area contributed by atoms with Gasteiger partial charge in [-0.2, -0.15) is 4.98 Å². The van der Waals surface area contributed by atoms with Crippen LogP contribution in [0, 0.1) is 0 Å². The number of hydrogen-bond acceptors (Lipinski definition) is 4. The Kier molecular flexibility index (Phi) is 2.29. The van der Waals surface area contributed by atoms with Crippen LogP contribution in [0.3, 0.4) is 0 Å². The molecular formula is C10H11BrN2O3. The highest BCUT2D eigenvalue weighted by atomic mass is 79.9. The highest BCUT2D eigenvalue weighted by Crippen LogP contribution is 2.41. The second-order valence-electron chi connectivity index (χ2n) is 4.17. The fourth-order valence-electron chi connectivity index (χ4n) is 2.15. The first-order valence-electron chi connectivity index (χ1n) is 5.18. The van der Waals surface area contributed by atoms with E-state index in [2.05, 4.69) is 20.9 Å². The topological polar surface area (TPSA) is 53.4 Å². The van der Waals surface area contributed by atoms with E-state index in [1.54, 1.807) is 10.8 Å². The number of ether oxygens (including phenoxy) is 2. The first-order valence-corrected chi connectivity index (χ1v) is 6.30. The van der Waals surface area contributed by atoms with E-state index in [0.717, 1.165) is 18.2 Å². The van der Waals surface area contributed by atoms with Gasteiger partial charge in [0, 0.05) is 17.6 Å². The third-order valence-electron chi connectivity index (χ3n) is 3.06. The SMILES string of the molecule is O=c1ccn2c(n1)OCC1(CBr)CCC2O1. The minimum atomic E-state index is -0.281. The molecular weight excluding hydrogens is 276 g/mol. The lowest BCUT2D eigenvalue weighted by atomic mass is 10.0. The van der Waals surface area contributed by atoms with Crippen molar-refractivity contribution >= 4 is 15.9 Å². The molecule has 0 spiro atoms. The fraction of sp³-hybridized carbons (Fsp3) is 0.600. The van der Waals surface area contributed by atoms with E-state index in [1.165, 1.54) is 6.07 Å². The molecule has 0 radical (unpaired) electrons. The zero-order valence-electron chi connectivity index (χ0n) is 8.56. The van der Waals surface area contributed by atoms with Gasteiger partial charge in [0.1, 0.15) is 18.4 Å². The lowest BCUT2D eigenvalue weighted by molar-refractivity contribution is -0.0587. The van der Waals surface area contributed by atoms with Crippen molar-refractivity contribution in [1.82, 2.24) is 9.55 Å². The Morgan fingerprint density at radius 3 is 3.38 bits per heavy atom. The van der Waals surface area contributed by atoms with Crippen LogP contribution in [-0.4, -0.2) is 27.1 Å². The maximum absolute atomic E-state index is 11.2. The number of halogens is 1. The molecule has 0 aromatic carbocycles. The van der Waals surface area contributed by atoms with Crippen molar-refractivity contribution in [2.24, 2.45) is 0 Å². The molecule has 3 heterocycles. The summed E-state index contributed by atoms with van der Waals surface area (Å²) in [5.74, 6) is 0. The van der Waals surface area contributed by atoms with Crippen molar-refractivity contribution in [3.63, 3.8) is 0 Å². The van der Waals surface area contributed by atoms with Crippen LogP contribution in [0.2, 0.25) is 0 Å². The quantitative estimate of drug-likeness (QED) is 0.725. The highest BCUT2D eigenvalue weighted by Gasteiger charge is 2.44. The van der Waals surface area contributed by atoms with Crippen molar-refractivity contribution in [2.45, 2.75) is 24.7 Å². The molecule has 2 aliphatic heterocycles. The predicted octanol–water partition coefficient (Wildman–Crippen LogP) is 1.08. The van der Waals surface area contributed by atoms with Gasteiger partial charge in [-0.05, 0) is 12.8 Å². The summed E-state index contributed by atoms with van der Waals surface area (Å²) in [5, 5.41) is 0.731. The minimum absolute atomic E-state index is 0.0665. The highest BCUT2D eigenvalue weighted by molar-refractivity contribution is 9.09. The van der Waals surface area contributed by atoms with E-state index < -0.39 is 0 Å². The van der Waals surface area contributed by atoms with Gasteiger partial charge >= 0.3 is 6.01 Å². The molecule has 0 amide bonds. The van der Waals surface area contributed by atoms with Crippen molar-refractivity contribution in [2.75, 3.05) is 11.9 Å². The molecule has 2 bridgehead atoms. The van der Waals surface area contributed by atoms with Crippen LogP contribution < -0.4 is 10.3 Å². The van der Waals surface area contributed by atoms with Gasteiger partial charge in [-0.3, -0.25) is 9.36 Å². The Morgan fingerprint density at radius 1 is 1.69 bits per heavy atom. The molecule has 3 rings (SSSR count). The Bertz CT molecular complexity index is 475. The van der Waals surface area contributed by atoms with Crippen molar-refractivity contribution in [3.05, 3.63) is 22.6 Å². The summed E-state index contributed by atoms with van der Waals surface area (Å²) < 4.78 is 13.3. The van der Waals surface area contributed by atoms with E-state index in [9.17, 15) is 4.79 Å². The monoisotopic (exact) mass is 286 g/mol. The molecule has 16 heavy (non-hydrogen) atoms. The number of alkyl halides is 1. The van der Waals surface area contributed by atoms with E-state index >= 15 is 0 Å². The molecule has 86 valence electrons. The summed E-state index contributed by atoms with van der Waals surface area (Å²) in [4.78, 5) is 15.0. The molecule has 0 N–H and O–H groups in total. The van der Waals surface area contributed by atoms with Crippen molar-refractivity contribution in [1.29, 1.82) is 0 Å². The molecule has 1 fully saturated rings. The van der Waals surface area contributed by atoms with Crippen LogP contribution in [0.1, 0.15) is 19.1 Å². The van der Waals surface area contributed by atoms with Gasteiger partial charge < -0.3 is 9.47 Å². The van der Waals surface area contributed by atoms with Crippen LogP contribution in [0.5, 0.6) is 6.01 Å². The van der Waals surface area contributed by atoms with Crippen molar-refractivity contribution in [3.8, 4) is 6.01 Å². The zero-order chi connectivity index (χ0) is 11.2. The van der Waals surface area contributed by atoms with Gasteiger partial charge in [-0.15, -0.1) is 0 Å². The molecule has 5 nitrogen and oxygen atoms in total. The molecule has 1 aromatic heterocycles. The third-order valence-corrected chi connectivity index (χ3v) is 4.08. The Hall–Kier alpha value is -0.880. The van der Waals surface area contributed by atoms with Crippen LogP contribution in [0.4, 0.5) is 0 Å². The smallest absolute Gasteiger partial charge is 0.301 e.